The number of thioether (sulfide) groups is 1. The lowest BCUT2D eigenvalue weighted by atomic mass is 10.1. The van der Waals surface area contributed by atoms with Crippen LogP contribution in [0.25, 0.3) is 11.0 Å². The lowest BCUT2D eigenvalue weighted by Crippen LogP contribution is -2.37. The molecular formula is C23H25N3O4S. The zero-order chi connectivity index (χ0) is 22.1. The number of ether oxygens (including phenoxy) is 2. The Kier molecular flexibility index (Phi) is 5.91. The van der Waals surface area contributed by atoms with Crippen LogP contribution in [-0.4, -0.2) is 44.0 Å². The summed E-state index contributed by atoms with van der Waals surface area (Å²) >= 11 is 1.11. The van der Waals surface area contributed by atoms with E-state index in [4.69, 9.17) is 9.47 Å². The van der Waals surface area contributed by atoms with Crippen molar-refractivity contribution in [3.63, 3.8) is 0 Å². The number of imide groups is 1. The van der Waals surface area contributed by atoms with Gasteiger partial charge in [-0.1, -0.05) is 23.9 Å². The monoisotopic (exact) mass is 439 g/mol. The predicted octanol–water partition coefficient (Wildman–Crippen LogP) is 4.18. The Balaban J connectivity index is 1.39. The SMILES string of the molecule is COc1ccc2nc(COc3ccc(CC4SC(=O)N(C(C)C)C4=O)cc3)n(C)c2c1. The number of carbonyl (C=O) groups excluding carboxylic acids is 2. The number of benzene rings is 2. The van der Waals surface area contributed by atoms with Gasteiger partial charge in [0, 0.05) is 19.2 Å². The molecule has 4 rings (SSSR count). The van der Waals surface area contributed by atoms with Gasteiger partial charge in [-0.15, -0.1) is 0 Å². The largest absolute Gasteiger partial charge is 0.497 e. The first-order valence-electron chi connectivity index (χ1n) is 10.1. The Morgan fingerprint density at radius 2 is 1.81 bits per heavy atom. The molecule has 1 aliphatic heterocycles. The second kappa shape index (κ2) is 8.63. The smallest absolute Gasteiger partial charge is 0.289 e. The fourth-order valence-corrected chi connectivity index (χ4v) is 4.78. The molecule has 0 radical (unpaired) electrons. The zero-order valence-corrected chi connectivity index (χ0v) is 18.8. The van der Waals surface area contributed by atoms with Gasteiger partial charge in [0.2, 0.25) is 5.91 Å². The first kappa shape index (κ1) is 21.2. The number of hydrogen-bond donors (Lipinski definition) is 0. The molecule has 3 aromatic rings. The van der Waals surface area contributed by atoms with Crippen LogP contribution in [0.4, 0.5) is 4.79 Å². The van der Waals surface area contributed by atoms with E-state index in [9.17, 15) is 9.59 Å². The van der Waals surface area contributed by atoms with Crippen molar-refractivity contribution in [1.82, 2.24) is 14.5 Å². The van der Waals surface area contributed by atoms with E-state index < -0.39 is 0 Å². The van der Waals surface area contributed by atoms with Crippen LogP contribution >= 0.6 is 11.8 Å². The summed E-state index contributed by atoms with van der Waals surface area (Å²) in [5.41, 5.74) is 2.87. The molecule has 7 nitrogen and oxygen atoms in total. The van der Waals surface area contributed by atoms with Gasteiger partial charge in [0.15, 0.2) is 0 Å². The van der Waals surface area contributed by atoms with Crippen molar-refractivity contribution in [2.45, 2.75) is 38.2 Å². The Bertz CT molecular complexity index is 1120. The highest BCUT2D eigenvalue weighted by Gasteiger charge is 2.40. The third kappa shape index (κ3) is 4.25. The molecule has 1 aliphatic rings. The molecule has 1 saturated heterocycles. The summed E-state index contributed by atoms with van der Waals surface area (Å²) in [6.07, 6.45) is 0.519. The van der Waals surface area contributed by atoms with E-state index in [0.29, 0.717) is 13.0 Å². The quantitative estimate of drug-likeness (QED) is 0.550. The maximum atomic E-state index is 12.5. The fourth-order valence-electron chi connectivity index (χ4n) is 3.63. The second-order valence-electron chi connectivity index (χ2n) is 7.75. The minimum atomic E-state index is -0.362. The summed E-state index contributed by atoms with van der Waals surface area (Å²) in [7, 11) is 3.60. The van der Waals surface area contributed by atoms with Crippen LogP contribution in [0, 0.1) is 0 Å². The maximum Gasteiger partial charge on any atom is 0.289 e. The molecule has 2 heterocycles. The molecule has 0 aliphatic carbocycles. The molecule has 2 amide bonds. The van der Waals surface area contributed by atoms with Crippen LogP contribution in [0.2, 0.25) is 0 Å². The Labute approximate surface area is 185 Å². The number of methoxy groups -OCH3 is 1. The first-order chi connectivity index (χ1) is 14.9. The molecule has 1 atom stereocenters. The molecule has 2 aromatic carbocycles. The first-order valence-corrected chi connectivity index (χ1v) is 11.0. The van der Waals surface area contributed by atoms with E-state index in [1.54, 1.807) is 7.11 Å². The van der Waals surface area contributed by atoms with Crippen molar-refractivity contribution in [3.8, 4) is 11.5 Å². The summed E-state index contributed by atoms with van der Waals surface area (Å²) in [5, 5.41) is -0.524. The molecule has 162 valence electrons. The van der Waals surface area contributed by atoms with Gasteiger partial charge in [-0.25, -0.2) is 4.98 Å². The lowest BCUT2D eigenvalue weighted by Gasteiger charge is -2.17. The Hall–Kier alpha value is -3.00. The number of aromatic nitrogens is 2. The van der Waals surface area contributed by atoms with Crippen LogP contribution in [0.5, 0.6) is 11.5 Å². The second-order valence-corrected chi connectivity index (χ2v) is 8.91. The fraction of sp³-hybridized carbons (Fsp3) is 0.348. The topological polar surface area (TPSA) is 73.7 Å². The van der Waals surface area contributed by atoms with Crippen molar-refractivity contribution in [3.05, 3.63) is 53.9 Å². The molecule has 0 N–H and O–H groups in total. The van der Waals surface area contributed by atoms with Gasteiger partial charge in [0.05, 0.1) is 23.4 Å². The number of amides is 2. The van der Waals surface area contributed by atoms with E-state index in [1.165, 1.54) is 4.90 Å². The Morgan fingerprint density at radius 1 is 1.10 bits per heavy atom. The van der Waals surface area contributed by atoms with E-state index in [0.717, 1.165) is 45.7 Å². The average Bonchev–Trinajstić information content (AvgIpc) is 3.22. The van der Waals surface area contributed by atoms with Gasteiger partial charge >= 0.3 is 0 Å². The average molecular weight is 440 g/mol. The molecule has 0 bridgehead atoms. The highest BCUT2D eigenvalue weighted by Crippen LogP contribution is 2.31. The van der Waals surface area contributed by atoms with Crippen molar-refractivity contribution < 1.29 is 19.1 Å². The molecule has 0 saturated carbocycles. The lowest BCUT2D eigenvalue weighted by molar-refractivity contribution is -0.127. The standard InChI is InChI=1S/C23H25N3O4S/c1-14(2)26-22(27)20(31-23(26)28)11-15-5-7-16(8-6-15)30-13-21-24-18-10-9-17(29-4)12-19(18)25(21)3/h5-10,12,14,20H,11,13H2,1-4H3. The van der Waals surface area contributed by atoms with E-state index in [1.807, 2.05) is 67.9 Å². The molecule has 1 unspecified atom stereocenters. The number of aryl methyl sites for hydroxylation is 1. The normalized spacial score (nSPS) is 16.5. The molecule has 0 spiro atoms. The van der Waals surface area contributed by atoms with Crippen molar-refractivity contribution in [2.75, 3.05) is 7.11 Å². The number of imidazole rings is 1. The van der Waals surface area contributed by atoms with E-state index in [2.05, 4.69) is 4.98 Å². The minimum Gasteiger partial charge on any atom is -0.497 e. The number of nitrogens with zero attached hydrogens (tertiary/aromatic N) is 3. The van der Waals surface area contributed by atoms with Crippen LogP contribution in [0.3, 0.4) is 0 Å². The highest BCUT2D eigenvalue weighted by molar-refractivity contribution is 8.15. The van der Waals surface area contributed by atoms with Gasteiger partial charge < -0.3 is 14.0 Å². The summed E-state index contributed by atoms with van der Waals surface area (Å²) in [6, 6.07) is 13.3. The summed E-state index contributed by atoms with van der Waals surface area (Å²) < 4.78 is 13.2. The van der Waals surface area contributed by atoms with Crippen LogP contribution < -0.4 is 9.47 Å². The third-order valence-corrected chi connectivity index (χ3v) is 6.41. The van der Waals surface area contributed by atoms with Gasteiger partial charge in [-0.3, -0.25) is 14.5 Å². The molecule has 8 heteroatoms. The Morgan fingerprint density at radius 3 is 2.45 bits per heavy atom. The minimum absolute atomic E-state index is 0.108. The van der Waals surface area contributed by atoms with Gasteiger partial charge in [-0.2, -0.15) is 0 Å². The predicted molar refractivity (Wildman–Crippen MR) is 121 cm³/mol. The maximum absolute atomic E-state index is 12.5. The van der Waals surface area contributed by atoms with Crippen molar-refractivity contribution in [1.29, 1.82) is 0 Å². The summed E-state index contributed by atoms with van der Waals surface area (Å²) in [4.78, 5) is 30.5. The summed E-state index contributed by atoms with van der Waals surface area (Å²) in [6.45, 7) is 4.04. The number of rotatable bonds is 7. The van der Waals surface area contributed by atoms with E-state index in [-0.39, 0.29) is 22.4 Å². The number of hydrogen-bond acceptors (Lipinski definition) is 6. The zero-order valence-electron chi connectivity index (χ0n) is 18.0. The summed E-state index contributed by atoms with van der Waals surface area (Å²) in [5.74, 6) is 2.21. The van der Waals surface area contributed by atoms with Crippen molar-refractivity contribution >= 4 is 33.9 Å². The van der Waals surface area contributed by atoms with Crippen LogP contribution in [-0.2, 0) is 24.9 Å². The van der Waals surface area contributed by atoms with Crippen LogP contribution in [0.15, 0.2) is 42.5 Å². The molecule has 1 aromatic heterocycles. The van der Waals surface area contributed by atoms with E-state index >= 15 is 0 Å². The van der Waals surface area contributed by atoms with Gasteiger partial charge in [-0.05, 0) is 50.1 Å². The number of fused-ring (bicyclic) bond motifs is 1. The molecule has 1 fully saturated rings. The molecule has 31 heavy (non-hydrogen) atoms. The third-order valence-electron chi connectivity index (χ3n) is 5.36. The van der Waals surface area contributed by atoms with Gasteiger partial charge in [0.1, 0.15) is 23.9 Å². The highest BCUT2D eigenvalue weighted by atomic mass is 32.2. The number of carbonyl (C=O) groups is 2. The van der Waals surface area contributed by atoms with Crippen LogP contribution in [0.1, 0.15) is 25.2 Å². The molecular weight excluding hydrogens is 414 g/mol. The van der Waals surface area contributed by atoms with Crippen molar-refractivity contribution in [2.24, 2.45) is 7.05 Å². The van der Waals surface area contributed by atoms with Gasteiger partial charge in [0.25, 0.3) is 5.24 Å².